The van der Waals surface area contributed by atoms with E-state index in [-0.39, 0.29) is 13.2 Å². The van der Waals surface area contributed by atoms with E-state index >= 15 is 0 Å². The van der Waals surface area contributed by atoms with Crippen LogP contribution in [-0.2, 0) is 18.6 Å². The summed E-state index contributed by atoms with van der Waals surface area (Å²) in [6, 6.07) is 0. The van der Waals surface area contributed by atoms with Gasteiger partial charge in [0, 0.05) is 19.6 Å². The molecule has 0 rings (SSSR count). The van der Waals surface area contributed by atoms with Crippen LogP contribution in [0.4, 0.5) is 0 Å². The van der Waals surface area contributed by atoms with Crippen LogP contribution < -0.4 is 0 Å². The molecule has 0 radical (unpaired) electrons. The summed E-state index contributed by atoms with van der Waals surface area (Å²) in [5, 5.41) is -2.02. The van der Waals surface area contributed by atoms with E-state index in [1.54, 1.807) is 0 Å². The van der Waals surface area contributed by atoms with Crippen LogP contribution in [0.25, 0.3) is 0 Å². The second-order valence-electron chi connectivity index (χ2n) is 10.9. The third kappa shape index (κ3) is 22.0. The molecule has 230 valence electrons. The van der Waals surface area contributed by atoms with Gasteiger partial charge in [0.25, 0.3) is 0 Å². The molecule has 8 nitrogen and oxygen atoms in total. The monoisotopic (exact) mass is 586 g/mol. The van der Waals surface area contributed by atoms with Crippen molar-refractivity contribution in [3.8, 4) is 0 Å². The van der Waals surface area contributed by atoms with Crippen molar-refractivity contribution in [1.29, 1.82) is 0 Å². The molecule has 38 heavy (non-hydrogen) atoms. The molecule has 1 atom stereocenters. The van der Waals surface area contributed by atoms with Crippen molar-refractivity contribution in [3.63, 3.8) is 0 Å². The molecular formula is C28H60O8P2. The van der Waals surface area contributed by atoms with E-state index in [0.717, 1.165) is 38.5 Å². The molecule has 1 unspecified atom stereocenters. The first-order valence-corrected chi connectivity index (χ1v) is 18.8. The molecule has 0 fully saturated rings. The average Bonchev–Trinajstić information content (AvgIpc) is 2.84. The van der Waals surface area contributed by atoms with Crippen molar-refractivity contribution >= 4 is 15.2 Å². The molecular weight excluding hydrogens is 526 g/mol. The summed E-state index contributed by atoms with van der Waals surface area (Å²) >= 11 is 0. The third-order valence-electron chi connectivity index (χ3n) is 7.16. The zero-order valence-corrected chi connectivity index (χ0v) is 26.3. The lowest BCUT2D eigenvalue weighted by Crippen LogP contribution is -2.39. The molecule has 0 spiro atoms. The minimum absolute atomic E-state index is 0.129. The minimum atomic E-state index is -4.85. The average molecular weight is 587 g/mol. The highest BCUT2D eigenvalue weighted by Crippen LogP contribution is 2.55. The quantitative estimate of drug-likeness (QED) is 0.0508. The molecule has 0 saturated heterocycles. The molecule has 0 bridgehead atoms. The van der Waals surface area contributed by atoms with Crippen molar-refractivity contribution in [2.24, 2.45) is 0 Å². The topological polar surface area (TPSA) is 134 Å². The smallest absolute Gasteiger partial charge is 0.359 e. The predicted molar refractivity (Wildman–Crippen MR) is 157 cm³/mol. The van der Waals surface area contributed by atoms with Gasteiger partial charge in [-0.15, -0.1) is 0 Å². The lowest BCUT2D eigenvalue weighted by molar-refractivity contribution is -0.0623. The van der Waals surface area contributed by atoms with Gasteiger partial charge in [0.15, 0.2) is 5.34 Å². The third-order valence-corrected chi connectivity index (χ3v) is 9.51. The number of ether oxygens (including phenoxy) is 2. The lowest BCUT2D eigenvalue weighted by Gasteiger charge is -2.34. The van der Waals surface area contributed by atoms with E-state index in [9.17, 15) is 28.7 Å². The Morgan fingerprint density at radius 1 is 0.553 bits per heavy atom. The summed E-state index contributed by atoms with van der Waals surface area (Å²) in [4.78, 5) is 38.9. The van der Waals surface area contributed by atoms with Gasteiger partial charge in [-0.05, 0) is 12.8 Å². The summed E-state index contributed by atoms with van der Waals surface area (Å²) < 4.78 is 35.3. The van der Waals surface area contributed by atoms with Crippen LogP contribution in [0.2, 0.25) is 0 Å². The normalized spacial score (nSPS) is 14.2. The summed E-state index contributed by atoms with van der Waals surface area (Å²) in [6.45, 7) is 4.53. The Morgan fingerprint density at radius 3 is 1.29 bits per heavy atom. The Hall–Kier alpha value is 0.220. The Kier molecular flexibility index (Phi) is 24.0. The molecule has 0 aromatic carbocycles. The number of hydrogen-bond acceptors (Lipinski definition) is 4. The van der Waals surface area contributed by atoms with Crippen LogP contribution in [0.5, 0.6) is 0 Å². The Bertz CT molecular complexity index is 622. The van der Waals surface area contributed by atoms with Gasteiger partial charge in [0.05, 0.1) is 12.8 Å². The van der Waals surface area contributed by atoms with Crippen LogP contribution >= 0.6 is 15.2 Å². The molecule has 0 heterocycles. The largest absolute Gasteiger partial charge is 0.378 e. The summed E-state index contributed by atoms with van der Waals surface area (Å²) in [5.41, 5.74) is 0. The number of rotatable bonds is 29. The highest BCUT2D eigenvalue weighted by Gasteiger charge is 2.49. The van der Waals surface area contributed by atoms with Crippen molar-refractivity contribution in [1.82, 2.24) is 0 Å². The van der Waals surface area contributed by atoms with Gasteiger partial charge in [0.1, 0.15) is 0 Å². The fourth-order valence-electron chi connectivity index (χ4n) is 4.60. The molecule has 0 aliphatic heterocycles. The summed E-state index contributed by atoms with van der Waals surface area (Å²) in [6.07, 6.45) is 21.9. The molecule has 0 aliphatic rings. The van der Waals surface area contributed by atoms with E-state index < -0.39 is 33.1 Å². The van der Waals surface area contributed by atoms with E-state index in [0.29, 0.717) is 13.0 Å². The van der Waals surface area contributed by atoms with Gasteiger partial charge in [0.2, 0.25) is 0 Å². The van der Waals surface area contributed by atoms with Gasteiger partial charge in [-0.25, -0.2) is 0 Å². The lowest BCUT2D eigenvalue weighted by atomic mass is 10.1. The van der Waals surface area contributed by atoms with Crippen LogP contribution in [0.1, 0.15) is 149 Å². The second kappa shape index (κ2) is 23.9. The van der Waals surface area contributed by atoms with Gasteiger partial charge in [-0.3, -0.25) is 9.13 Å². The zero-order chi connectivity index (χ0) is 28.6. The maximum atomic E-state index is 12.5. The van der Waals surface area contributed by atoms with Gasteiger partial charge in [-0.1, -0.05) is 129 Å². The minimum Gasteiger partial charge on any atom is -0.378 e. The van der Waals surface area contributed by atoms with E-state index in [1.165, 1.54) is 83.5 Å². The Labute approximate surface area is 233 Å². The van der Waals surface area contributed by atoms with Gasteiger partial charge >= 0.3 is 15.2 Å². The highest BCUT2D eigenvalue weighted by molar-refractivity contribution is 7.54. The standard InChI is InChI=1S/C28H60O8P2/c1-3-5-7-9-11-13-15-17-19-21-24-35-27-28(38(32,33)34,23-26-37(29,30)31)36-25-22-20-18-16-14-12-10-8-6-4-2/h3-27H2,1-2H3,(H2,29,30,31)(H2,32,33,34). The van der Waals surface area contributed by atoms with E-state index in [1.807, 2.05) is 0 Å². The molecule has 10 heteroatoms. The van der Waals surface area contributed by atoms with Crippen molar-refractivity contribution in [3.05, 3.63) is 0 Å². The summed E-state index contributed by atoms with van der Waals surface area (Å²) in [7, 11) is -9.29. The van der Waals surface area contributed by atoms with Crippen LogP contribution in [-0.4, -0.2) is 50.9 Å². The molecule has 0 aromatic rings. The van der Waals surface area contributed by atoms with Gasteiger partial charge < -0.3 is 29.0 Å². The van der Waals surface area contributed by atoms with E-state index in [4.69, 9.17) is 9.47 Å². The Morgan fingerprint density at radius 2 is 0.921 bits per heavy atom. The number of hydrogen-bond donors (Lipinski definition) is 4. The maximum Gasteiger partial charge on any atom is 0.359 e. The van der Waals surface area contributed by atoms with Crippen molar-refractivity contribution in [2.75, 3.05) is 26.0 Å². The molecule has 4 N–H and O–H groups in total. The maximum absolute atomic E-state index is 12.5. The summed E-state index contributed by atoms with van der Waals surface area (Å²) in [5.74, 6) is 0. The van der Waals surface area contributed by atoms with Crippen molar-refractivity contribution < 1.29 is 38.2 Å². The molecule has 0 aliphatic carbocycles. The molecule has 0 saturated carbocycles. The van der Waals surface area contributed by atoms with Crippen LogP contribution in [0, 0.1) is 0 Å². The van der Waals surface area contributed by atoms with Crippen LogP contribution in [0.15, 0.2) is 0 Å². The Balaban J connectivity index is 4.43. The van der Waals surface area contributed by atoms with E-state index in [2.05, 4.69) is 13.8 Å². The first kappa shape index (κ1) is 38.2. The SMILES string of the molecule is CCCCCCCCCCCCOCC(CCP(=O)(O)O)(OCCCCCCCCCCCC)P(=O)(O)O. The zero-order valence-electron chi connectivity index (χ0n) is 24.5. The number of unbranched alkanes of at least 4 members (excludes halogenated alkanes) is 18. The highest BCUT2D eigenvalue weighted by atomic mass is 31.2. The fraction of sp³-hybridized carbons (Fsp3) is 1.00. The fourth-order valence-corrected chi connectivity index (χ4v) is 6.35. The molecule has 0 amide bonds. The first-order valence-electron chi connectivity index (χ1n) is 15.4. The van der Waals surface area contributed by atoms with Crippen LogP contribution in [0.3, 0.4) is 0 Å². The molecule has 0 aromatic heterocycles. The first-order chi connectivity index (χ1) is 18.1. The van der Waals surface area contributed by atoms with Gasteiger partial charge in [-0.2, -0.15) is 0 Å². The second-order valence-corrected chi connectivity index (χ2v) is 14.6. The van der Waals surface area contributed by atoms with Crippen molar-refractivity contribution in [2.45, 2.75) is 154 Å². The predicted octanol–water partition coefficient (Wildman–Crippen LogP) is 8.30.